The maximum Gasteiger partial charge on any atom is 0.249 e. The van der Waals surface area contributed by atoms with Gasteiger partial charge in [0.2, 0.25) is 11.7 Å². The summed E-state index contributed by atoms with van der Waals surface area (Å²) in [6.07, 6.45) is 0.981. The van der Waals surface area contributed by atoms with Gasteiger partial charge in [-0.1, -0.05) is 30.3 Å². The summed E-state index contributed by atoms with van der Waals surface area (Å²) in [6.45, 7) is 3.60. The van der Waals surface area contributed by atoms with Crippen molar-refractivity contribution in [1.82, 2.24) is 30.4 Å². The van der Waals surface area contributed by atoms with Gasteiger partial charge < -0.3 is 10.2 Å². The molecule has 2 unspecified atom stereocenters. The average molecular weight is 337 g/mol. The quantitative estimate of drug-likeness (QED) is 0.906. The molecular formula is C15H21ClN6O. The molecule has 1 aromatic heterocycles. The van der Waals surface area contributed by atoms with Crippen LogP contribution in [0.15, 0.2) is 30.3 Å². The van der Waals surface area contributed by atoms with E-state index in [4.69, 9.17) is 0 Å². The highest BCUT2D eigenvalue weighted by molar-refractivity contribution is 5.85. The fourth-order valence-corrected chi connectivity index (χ4v) is 2.64. The molecule has 3 rings (SSSR count). The van der Waals surface area contributed by atoms with E-state index in [1.54, 1.807) is 11.8 Å². The summed E-state index contributed by atoms with van der Waals surface area (Å²) in [5.41, 5.74) is 0.891. The monoisotopic (exact) mass is 336 g/mol. The van der Waals surface area contributed by atoms with Crippen LogP contribution in [0.4, 0.5) is 0 Å². The van der Waals surface area contributed by atoms with E-state index in [0.29, 0.717) is 5.82 Å². The number of benzene rings is 1. The second-order valence-corrected chi connectivity index (χ2v) is 5.57. The van der Waals surface area contributed by atoms with Gasteiger partial charge in [0.05, 0.1) is 0 Å². The summed E-state index contributed by atoms with van der Waals surface area (Å²) in [5.74, 6) is 0.538. The first-order valence-corrected chi connectivity index (χ1v) is 7.49. The number of hydrogen-bond donors (Lipinski definition) is 1. The first-order chi connectivity index (χ1) is 10.7. The third kappa shape index (κ3) is 3.68. The van der Waals surface area contributed by atoms with Gasteiger partial charge in [0, 0.05) is 25.2 Å². The van der Waals surface area contributed by atoms with Gasteiger partial charge in [0.1, 0.15) is 6.04 Å². The largest absolute Gasteiger partial charge is 0.340 e. The lowest BCUT2D eigenvalue weighted by Gasteiger charge is -2.26. The summed E-state index contributed by atoms with van der Waals surface area (Å²) in [5, 5.41) is 15.7. The van der Waals surface area contributed by atoms with Crippen LogP contribution in [0.5, 0.6) is 0 Å². The van der Waals surface area contributed by atoms with Crippen molar-refractivity contribution in [3.05, 3.63) is 30.3 Å². The number of carbonyl (C=O) groups is 1. The minimum Gasteiger partial charge on any atom is -0.340 e. The number of aromatic nitrogens is 4. The Kier molecular flexibility index (Phi) is 5.68. The predicted molar refractivity (Wildman–Crippen MR) is 89.3 cm³/mol. The molecule has 0 spiro atoms. The zero-order valence-electron chi connectivity index (χ0n) is 13.2. The van der Waals surface area contributed by atoms with Crippen molar-refractivity contribution >= 4 is 18.3 Å². The first-order valence-electron chi connectivity index (χ1n) is 7.49. The van der Waals surface area contributed by atoms with Crippen LogP contribution in [-0.4, -0.2) is 57.2 Å². The Hall–Kier alpha value is -1.99. The SMILES string of the molecule is CC(C(=O)N(C)C1CCNC1)n1nnc(-c2ccccc2)n1.Cl. The molecule has 1 aliphatic heterocycles. The number of carbonyl (C=O) groups excluding carboxylic acids is 1. The summed E-state index contributed by atoms with van der Waals surface area (Å²) in [7, 11) is 1.84. The second-order valence-electron chi connectivity index (χ2n) is 5.57. The molecule has 1 amide bonds. The molecule has 8 heteroatoms. The summed E-state index contributed by atoms with van der Waals surface area (Å²) >= 11 is 0. The van der Waals surface area contributed by atoms with E-state index in [1.165, 1.54) is 4.80 Å². The average Bonchev–Trinajstić information content (AvgIpc) is 3.25. The zero-order valence-corrected chi connectivity index (χ0v) is 14.0. The van der Waals surface area contributed by atoms with Crippen molar-refractivity contribution in [2.24, 2.45) is 0 Å². The van der Waals surface area contributed by atoms with Crippen molar-refractivity contribution in [2.45, 2.75) is 25.4 Å². The minimum absolute atomic E-state index is 0. The van der Waals surface area contributed by atoms with E-state index in [-0.39, 0.29) is 24.4 Å². The Morgan fingerprint density at radius 1 is 1.39 bits per heavy atom. The molecule has 0 aliphatic carbocycles. The van der Waals surface area contributed by atoms with Crippen molar-refractivity contribution in [2.75, 3.05) is 20.1 Å². The van der Waals surface area contributed by atoms with Gasteiger partial charge in [0.15, 0.2) is 0 Å². The highest BCUT2D eigenvalue weighted by Gasteiger charge is 2.28. The maximum atomic E-state index is 12.5. The molecule has 1 fully saturated rings. The first kappa shape index (κ1) is 17.4. The van der Waals surface area contributed by atoms with Crippen molar-refractivity contribution in [1.29, 1.82) is 0 Å². The molecule has 2 atom stereocenters. The van der Waals surface area contributed by atoms with E-state index in [2.05, 4.69) is 20.7 Å². The van der Waals surface area contributed by atoms with E-state index in [0.717, 1.165) is 25.1 Å². The van der Waals surface area contributed by atoms with Gasteiger partial charge in [-0.25, -0.2) is 0 Å². The molecule has 0 bridgehead atoms. The maximum absolute atomic E-state index is 12.5. The topological polar surface area (TPSA) is 75.9 Å². The zero-order chi connectivity index (χ0) is 15.5. The molecule has 7 nitrogen and oxygen atoms in total. The lowest BCUT2D eigenvalue weighted by molar-refractivity contribution is -0.135. The van der Waals surface area contributed by atoms with E-state index < -0.39 is 6.04 Å². The van der Waals surface area contributed by atoms with Crippen LogP contribution in [0.3, 0.4) is 0 Å². The lowest BCUT2D eigenvalue weighted by Crippen LogP contribution is -2.42. The van der Waals surface area contributed by atoms with Crippen LogP contribution in [0.25, 0.3) is 11.4 Å². The van der Waals surface area contributed by atoms with Crippen LogP contribution in [0.1, 0.15) is 19.4 Å². The van der Waals surface area contributed by atoms with Gasteiger partial charge in [0.25, 0.3) is 0 Å². The minimum atomic E-state index is -0.462. The number of nitrogens with one attached hydrogen (secondary N) is 1. The lowest BCUT2D eigenvalue weighted by atomic mass is 10.2. The van der Waals surface area contributed by atoms with Gasteiger partial charge in [-0.05, 0) is 25.1 Å². The number of halogens is 1. The van der Waals surface area contributed by atoms with Crippen LogP contribution >= 0.6 is 12.4 Å². The van der Waals surface area contributed by atoms with E-state index in [1.807, 2.05) is 37.4 Å². The van der Waals surface area contributed by atoms with Crippen LogP contribution < -0.4 is 5.32 Å². The summed E-state index contributed by atoms with van der Waals surface area (Å²) in [6, 6.07) is 9.40. The number of nitrogens with zero attached hydrogens (tertiary/aromatic N) is 5. The Morgan fingerprint density at radius 2 is 2.13 bits per heavy atom. The fraction of sp³-hybridized carbons (Fsp3) is 0.467. The van der Waals surface area contributed by atoms with Crippen LogP contribution in [-0.2, 0) is 4.79 Å². The number of rotatable bonds is 4. The highest BCUT2D eigenvalue weighted by atomic mass is 35.5. The Bertz CT molecular complexity index is 640. The molecule has 1 aliphatic rings. The molecule has 2 heterocycles. The standard InChI is InChI=1S/C15H20N6O.ClH/c1-11(15(22)20(2)13-8-9-16-10-13)21-18-14(17-19-21)12-6-4-3-5-7-12;/h3-7,11,13,16H,8-10H2,1-2H3;1H. The number of amides is 1. The van der Waals surface area contributed by atoms with Crippen molar-refractivity contribution in [3.63, 3.8) is 0 Å². The molecule has 1 saturated heterocycles. The normalized spacial score (nSPS) is 18.3. The van der Waals surface area contributed by atoms with Crippen LogP contribution in [0, 0.1) is 0 Å². The Morgan fingerprint density at radius 3 is 2.78 bits per heavy atom. The summed E-state index contributed by atoms with van der Waals surface area (Å²) in [4.78, 5) is 15.7. The molecule has 0 radical (unpaired) electrons. The van der Waals surface area contributed by atoms with Gasteiger partial charge in [-0.15, -0.1) is 22.6 Å². The molecule has 1 aromatic carbocycles. The number of tetrazole rings is 1. The van der Waals surface area contributed by atoms with E-state index in [9.17, 15) is 4.79 Å². The Labute approximate surface area is 141 Å². The smallest absolute Gasteiger partial charge is 0.249 e. The van der Waals surface area contributed by atoms with Crippen LogP contribution in [0.2, 0.25) is 0 Å². The number of likely N-dealkylation sites (N-methyl/N-ethyl adjacent to an activating group) is 1. The van der Waals surface area contributed by atoms with Gasteiger partial charge in [-0.2, -0.15) is 4.80 Å². The predicted octanol–water partition coefficient (Wildman–Crippen LogP) is 1.14. The highest BCUT2D eigenvalue weighted by Crippen LogP contribution is 2.16. The molecule has 2 aromatic rings. The van der Waals surface area contributed by atoms with Crippen molar-refractivity contribution in [3.8, 4) is 11.4 Å². The third-order valence-electron chi connectivity index (χ3n) is 4.09. The van der Waals surface area contributed by atoms with Crippen molar-refractivity contribution < 1.29 is 4.79 Å². The number of hydrogen-bond acceptors (Lipinski definition) is 5. The van der Waals surface area contributed by atoms with Gasteiger partial charge >= 0.3 is 0 Å². The van der Waals surface area contributed by atoms with Gasteiger partial charge in [-0.3, -0.25) is 4.79 Å². The Balaban J connectivity index is 0.00000192. The molecular weight excluding hydrogens is 316 g/mol. The molecule has 0 saturated carbocycles. The third-order valence-corrected chi connectivity index (χ3v) is 4.09. The molecule has 124 valence electrons. The molecule has 23 heavy (non-hydrogen) atoms. The van der Waals surface area contributed by atoms with E-state index >= 15 is 0 Å². The fourth-order valence-electron chi connectivity index (χ4n) is 2.64. The summed E-state index contributed by atoms with van der Waals surface area (Å²) < 4.78 is 0. The molecule has 1 N–H and O–H groups in total. The second kappa shape index (κ2) is 7.52.